The molecule has 0 spiro atoms. The molecule has 0 bridgehead atoms. The lowest BCUT2D eigenvalue weighted by Crippen LogP contribution is -2.40. The number of hydrogen-bond acceptors (Lipinski definition) is 5. The molecule has 1 aromatic carbocycles. The van der Waals surface area contributed by atoms with Crippen molar-refractivity contribution in [3.8, 4) is 0 Å². The van der Waals surface area contributed by atoms with E-state index in [0.717, 1.165) is 24.8 Å². The highest BCUT2D eigenvalue weighted by Crippen LogP contribution is 2.17. The van der Waals surface area contributed by atoms with Gasteiger partial charge in [0.15, 0.2) is 0 Å². The summed E-state index contributed by atoms with van der Waals surface area (Å²) in [6, 6.07) is 5.09. The molecule has 1 N–H and O–H groups in total. The molecule has 1 aliphatic heterocycles. The Hall–Kier alpha value is -1.44. The van der Waals surface area contributed by atoms with E-state index in [-0.39, 0.29) is 17.6 Å². The lowest BCUT2D eigenvalue weighted by Gasteiger charge is -2.23. The molecule has 0 saturated carbocycles. The van der Waals surface area contributed by atoms with Crippen LogP contribution < -0.4 is 4.72 Å². The van der Waals surface area contributed by atoms with E-state index in [0.29, 0.717) is 12.2 Å². The van der Waals surface area contributed by atoms with Gasteiger partial charge in [-0.1, -0.05) is 12.1 Å². The van der Waals surface area contributed by atoms with E-state index < -0.39 is 22.0 Å². The van der Waals surface area contributed by atoms with E-state index in [9.17, 15) is 13.2 Å². The third-order valence-electron chi connectivity index (χ3n) is 4.04. The number of benzene rings is 1. The molecule has 0 radical (unpaired) electrons. The maximum atomic E-state index is 12.4. The van der Waals surface area contributed by atoms with Gasteiger partial charge in [0.2, 0.25) is 0 Å². The van der Waals surface area contributed by atoms with Crippen molar-refractivity contribution in [2.45, 2.75) is 57.1 Å². The molecule has 0 aliphatic carbocycles. The van der Waals surface area contributed by atoms with Crippen molar-refractivity contribution >= 4 is 15.9 Å². The number of sulfonamides is 1. The summed E-state index contributed by atoms with van der Waals surface area (Å²) >= 11 is 0. The summed E-state index contributed by atoms with van der Waals surface area (Å²) in [6.45, 7) is 6.03. The number of nitrogens with one attached hydrogen (secondary N) is 1. The summed E-state index contributed by atoms with van der Waals surface area (Å²) in [5.41, 5.74) is 1.40. The number of amides is 1. The van der Waals surface area contributed by atoms with Gasteiger partial charge in [-0.25, -0.2) is 13.1 Å². The van der Waals surface area contributed by atoms with Crippen LogP contribution in [0, 0.1) is 13.8 Å². The van der Waals surface area contributed by atoms with Gasteiger partial charge < -0.3 is 9.47 Å². The molecule has 1 saturated heterocycles. The smallest absolute Gasteiger partial charge is 0.264 e. The fourth-order valence-electron chi connectivity index (χ4n) is 2.53. The Balaban J connectivity index is 1.95. The van der Waals surface area contributed by atoms with Crippen LogP contribution in [0.1, 0.15) is 37.3 Å². The van der Waals surface area contributed by atoms with Crippen LogP contribution in [0.5, 0.6) is 0 Å². The van der Waals surface area contributed by atoms with Gasteiger partial charge in [-0.3, -0.25) is 4.79 Å². The maximum absolute atomic E-state index is 12.4. The molecule has 134 valence electrons. The average Bonchev–Trinajstić information content (AvgIpc) is 2.55. The molecule has 24 heavy (non-hydrogen) atoms. The Morgan fingerprint density at radius 1 is 1.38 bits per heavy atom. The zero-order chi connectivity index (χ0) is 17.7. The van der Waals surface area contributed by atoms with Gasteiger partial charge in [-0.05, 0) is 57.2 Å². The Labute approximate surface area is 143 Å². The highest BCUT2D eigenvalue weighted by atomic mass is 32.2. The highest BCUT2D eigenvalue weighted by Gasteiger charge is 2.25. The zero-order valence-corrected chi connectivity index (χ0v) is 15.2. The second-order valence-corrected chi connectivity index (χ2v) is 7.85. The molecule has 2 atom stereocenters. The molecular weight excluding hydrogens is 330 g/mol. The molecule has 2 unspecified atom stereocenters. The minimum absolute atomic E-state index is 0.0235. The standard InChI is InChI=1S/C17H25NO5S/c1-12-7-8-13(2)16(10-12)24(20,21)18-17(19)14(3)23-11-15-6-4-5-9-22-15/h7-8,10,14-15H,4-6,9,11H2,1-3H3,(H,18,19). The predicted molar refractivity (Wildman–Crippen MR) is 90.2 cm³/mol. The highest BCUT2D eigenvalue weighted by molar-refractivity contribution is 7.90. The van der Waals surface area contributed by atoms with Crippen molar-refractivity contribution in [2.24, 2.45) is 0 Å². The summed E-state index contributed by atoms with van der Waals surface area (Å²) in [5.74, 6) is -0.674. The molecule has 1 fully saturated rings. The van der Waals surface area contributed by atoms with Crippen LogP contribution >= 0.6 is 0 Å². The number of aryl methyl sites for hydroxylation is 2. The lowest BCUT2D eigenvalue weighted by atomic mass is 10.1. The van der Waals surface area contributed by atoms with E-state index in [1.165, 1.54) is 6.92 Å². The molecule has 1 amide bonds. The SMILES string of the molecule is Cc1ccc(C)c(S(=O)(=O)NC(=O)C(C)OCC2CCCCO2)c1. The molecule has 7 heteroatoms. The van der Waals surface area contributed by atoms with Gasteiger partial charge in [0.25, 0.3) is 15.9 Å². The average molecular weight is 355 g/mol. The van der Waals surface area contributed by atoms with Gasteiger partial charge in [0.1, 0.15) is 6.10 Å². The molecule has 1 aromatic rings. The Bertz CT molecular complexity index is 680. The third-order valence-corrected chi connectivity index (χ3v) is 5.53. The van der Waals surface area contributed by atoms with Crippen molar-refractivity contribution in [1.82, 2.24) is 4.72 Å². The fourth-order valence-corrected chi connectivity index (χ4v) is 3.91. The van der Waals surface area contributed by atoms with Crippen LogP contribution in [0.4, 0.5) is 0 Å². The van der Waals surface area contributed by atoms with Crippen LogP contribution in [-0.4, -0.2) is 39.7 Å². The van der Waals surface area contributed by atoms with Gasteiger partial charge in [0.05, 0.1) is 17.6 Å². The van der Waals surface area contributed by atoms with Gasteiger partial charge in [-0.2, -0.15) is 0 Å². The molecule has 6 nitrogen and oxygen atoms in total. The second kappa shape index (κ2) is 8.09. The van der Waals surface area contributed by atoms with Crippen molar-refractivity contribution in [3.05, 3.63) is 29.3 Å². The Morgan fingerprint density at radius 2 is 2.12 bits per heavy atom. The van der Waals surface area contributed by atoms with E-state index in [1.54, 1.807) is 26.0 Å². The van der Waals surface area contributed by atoms with Crippen molar-refractivity contribution in [2.75, 3.05) is 13.2 Å². The molecule has 0 aromatic heterocycles. The van der Waals surface area contributed by atoms with E-state index in [1.807, 2.05) is 6.07 Å². The largest absolute Gasteiger partial charge is 0.376 e. The van der Waals surface area contributed by atoms with Gasteiger partial charge in [-0.15, -0.1) is 0 Å². The quantitative estimate of drug-likeness (QED) is 0.845. The Kier molecular flexibility index (Phi) is 6.37. The number of carbonyl (C=O) groups excluding carboxylic acids is 1. The van der Waals surface area contributed by atoms with Crippen LogP contribution in [0.15, 0.2) is 23.1 Å². The minimum atomic E-state index is -3.91. The molecule has 1 heterocycles. The van der Waals surface area contributed by atoms with E-state index >= 15 is 0 Å². The van der Waals surface area contributed by atoms with Gasteiger partial charge in [0, 0.05) is 6.61 Å². The summed E-state index contributed by atoms with van der Waals surface area (Å²) in [6.07, 6.45) is 2.13. The summed E-state index contributed by atoms with van der Waals surface area (Å²) < 4.78 is 37.9. The molecule has 1 aliphatic rings. The topological polar surface area (TPSA) is 81.7 Å². The summed E-state index contributed by atoms with van der Waals surface area (Å²) in [4.78, 5) is 12.3. The van der Waals surface area contributed by atoms with Crippen LogP contribution in [0.25, 0.3) is 0 Å². The van der Waals surface area contributed by atoms with E-state index in [4.69, 9.17) is 9.47 Å². The normalized spacial score (nSPS) is 19.7. The monoisotopic (exact) mass is 355 g/mol. The maximum Gasteiger partial charge on any atom is 0.264 e. The zero-order valence-electron chi connectivity index (χ0n) is 14.4. The third kappa shape index (κ3) is 5.03. The first-order valence-electron chi connectivity index (χ1n) is 8.17. The van der Waals surface area contributed by atoms with Crippen molar-refractivity contribution in [3.63, 3.8) is 0 Å². The number of rotatable bonds is 6. The predicted octanol–water partition coefficient (Wildman–Crippen LogP) is 2.08. The number of hydrogen-bond donors (Lipinski definition) is 1. The lowest BCUT2D eigenvalue weighted by molar-refractivity contribution is -0.133. The molecular formula is C17H25NO5S. The first kappa shape index (κ1) is 18.9. The number of carbonyl (C=O) groups is 1. The minimum Gasteiger partial charge on any atom is -0.376 e. The summed E-state index contributed by atoms with van der Waals surface area (Å²) in [7, 11) is -3.91. The fraction of sp³-hybridized carbons (Fsp3) is 0.588. The van der Waals surface area contributed by atoms with E-state index in [2.05, 4.69) is 4.72 Å². The van der Waals surface area contributed by atoms with Crippen LogP contribution in [-0.2, 0) is 24.3 Å². The summed E-state index contributed by atoms with van der Waals surface area (Å²) in [5, 5.41) is 0. The van der Waals surface area contributed by atoms with Gasteiger partial charge >= 0.3 is 0 Å². The first-order chi connectivity index (χ1) is 11.3. The Morgan fingerprint density at radius 3 is 2.79 bits per heavy atom. The first-order valence-corrected chi connectivity index (χ1v) is 9.65. The second-order valence-electron chi connectivity index (χ2n) is 6.20. The molecule has 2 rings (SSSR count). The van der Waals surface area contributed by atoms with Crippen LogP contribution in [0.3, 0.4) is 0 Å². The number of ether oxygens (including phenoxy) is 2. The van der Waals surface area contributed by atoms with Crippen LogP contribution in [0.2, 0.25) is 0 Å². The van der Waals surface area contributed by atoms with Crippen molar-refractivity contribution < 1.29 is 22.7 Å². The van der Waals surface area contributed by atoms with Crippen molar-refractivity contribution in [1.29, 1.82) is 0 Å².